The molecule has 1 atom stereocenters. The molecular formula is C22H46N2O6S2. The van der Waals surface area contributed by atoms with E-state index in [-0.39, 0.29) is 16.3 Å². The van der Waals surface area contributed by atoms with Gasteiger partial charge in [-0.25, -0.2) is 4.79 Å². The minimum Gasteiger partial charge on any atom is -0.450 e. The molecule has 0 aliphatic rings. The maximum atomic E-state index is 11.8. The van der Waals surface area contributed by atoms with Gasteiger partial charge in [0.1, 0.15) is 5.44 Å². The summed E-state index contributed by atoms with van der Waals surface area (Å²) in [5.41, 5.74) is 0.114. The summed E-state index contributed by atoms with van der Waals surface area (Å²) >= 11 is 0. The van der Waals surface area contributed by atoms with Crippen LogP contribution in [-0.2, 0) is 23.7 Å². The molecule has 10 heteroatoms. The third-order valence-corrected chi connectivity index (χ3v) is 7.69. The fourth-order valence-corrected chi connectivity index (χ4v) is 4.52. The minimum absolute atomic E-state index is 0.0237. The van der Waals surface area contributed by atoms with Crippen molar-refractivity contribution < 1.29 is 28.5 Å². The first-order chi connectivity index (χ1) is 15.3. The van der Waals surface area contributed by atoms with Crippen LogP contribution in [0.2, 0.25) is 0 Å². The van der Waals surface area contributed by atoms with Crippen LogP contribution in [0.1, 0.15) is 53.9 Å². The first kappa shape index (κ1) is 31.8. The van der Waals surface area contributed by atoms with Crippen molar-refractivity contribution >= 4 is 27.7 Å². The summed E-state index contributed by atoms with van der Waals surface area (Å²) in [6.07, 6.45) is 2.66. The molecule has 32 heavy (non-hydrogen) atoms. The van der Waals surface area contributed by atoms with Crippen molar-refractivity contribution in [1.82, 2.24) is 10.6 Å². The van der Waals surface area contributed by atoms with Crippen molar-refractivity contribution in [3.05, 3.63) is 0 Å². The lowest BCUT2D eigenvalue weighted by Gasteiger charge is -2.24. The summed E-state index contributed by atoms with van der Waals surface area (Å²) in [6.45, 7) is 15.8. The zero-order valence-electron chi connectivity index (χ0n) is 20.9. The fraction of sp³-hybridized carbons (Fsp3) is 0.955. The van der Waals surface area contributed by atoms with Crippen LogP contribution in [0.15, 0.2) is 0 Å². The van der Waals surface area contributed by atoms with Crippen LogP contribution in [-0.4, -0.2) is 88.8 Å². The number of unbranched alkanes of at least 4 members (excludes halogenated alkanes) is 1. The van der Waals surface area contributed by atoms with Gasteiger partial charge in [-0.2, -0.15) is 0 Å². The number of hydrogen-bond donors (Lipinski definition) is 2. The number of likely N-dealkylation sites (N-methyl/N-ethyl adjacent to an activating group) is 1. The Hall–Kier alpha value is -0.230. The number of nitrogens with one attached hydrogen (secondary N) is 2. The van der Waals surface area contributed by atoms with Gasteiger partial charge in [0.25, 0.3) is 0 Å². The van der Waals surface area contributed by atoms with Gasteiger partial charge in [-0.15, -0.1) is 0 Å². The molecule has 0 saturated carbocycles. The number of carbonyl (C=O) groups is 1. The van der Waals surface area contributed by atoms with Crippen LogP contribution in [0, 0.1) is 0 Å². The number of rotatable bonds is 22. The normalized spacial score (nSPS) is 12.8. The van der Waals surface area contributed by atoms with Crippen LogP contribution < -0.4 is 10.6 Å². The lowest BCUT2D eigenvalue weighted by atomic mass is 10.1. The topological polar surface area (TPSA) is 87.3 Å². The molecule has 0 radical (unpaired) electrons. The van der Waals surface area contributed by atoms with Gasteiger partial charge in [-0.1, -0.05) is 21.6 Å². The first-order valence-electron chi connectivity index (χ1n) is 11.5. The third kappa shape index (κ3) is 22.9. The highest BCUT2D eigenvalue weighted by molar-refractivity contribution is 8.77. The standard InChI is InChI=1S/C22H46N2O6S2/c1-19(2)28-12-7-8-13-29-20(3)31-32-22(4,5)9-14-30-21(25)24-11-16-27-18-17-26-15-10-23-6/h19-20,23H,7-18H2,1-6H3,(H,24,25). The zero-order chi connectivity index (χ0) is 24.1. The number of ether oxygens (including phenoxy) is 5. The Kier molecular flexibility index (Phi) is 21.2. The van der Waals surface area contributed by atoms with E-state index in [1.807, 2.05) is 20.9 Å². The van der Waals surface area contributed by atoms with Gasteiger partial charge < -0.3 is 34.3 Å². The van der Waals surface area contributed by atoms with E-state index >= 15 is 0 Å². The highest BCUT2D eigenvalue weighted by atomic mass is 33.1. The summed E-state index contributed by atoms with van der Waals surface area (Å²) in [4.78, 5) is 11.8. The number of alkyl carbamates (subject to hydrolysis) is 1. The lowest BCUT2D eigenvalue weighted by molar-refractivity contribution is 0.0497. The zero-order valence-corrected chi connectivity index (χ0v) is 22.5. The molecule has 0 aromatic carbocycles. The molecule has 0 fully saturated rings. The first-order valence-corrected chi connectivity index (χ1v) is 13.8. The van der Waals surface area contributed by atoms with Gasteiger partial charge >= 0.3 is 6.09 Å². The van der Waals surface area contributed by atoms with E-state index in [0.29, 0.717) is 39.6 Å². The minimum atomic E-state index is -0.412. The van der Waals surface area contributed by atoms with Crippen molar-refractivity contribution in [3.8, 4) is 0 Å². The molecule has 2 N–H and O–H groups in total. The predicted molar refractivity (Wildman–Crippen MR) is 135 cm³/mol. The van der Waals surface area contributed by atoms with Crippen LogP contribution in [0.4, 0.5) is 4.79 Å². The van der Waals surface area contributed by atoms with Gasteiger partial charge in [-0.05, 0) is 60.9 Å². The van der Waals surface area contributed by atoms with Crippen molar-refractivity contribution in [1.29, 1.82) is 0 Å². The molecule has 8 nitrogen and oxygen atoms in total. The Bertz CT molecular complexity index is 445. The average Bonchev–Trinajstić information content (AvgIpc) is 2.73. The molecule has 1 unspecified atom stereocenters. The van der Waals surface area contributed by atoms with Gasteiger partial charge in [0.05, 0.1) is 39.1 Å². The van der Waals surface area contributed by atoms with Crippen LogP contribution in [0.5, 0.6) is 0 Å². The SMILES string of the molecule is CNCCOCCOCCNC(=O)OCCC(C)(C)SSC(C)OCCCCOC(C)C. The average molecular weight is 499 g/mol. The Morgan fingerprint density at radius 1 is 0.875 bits per heavy atom. The van der Waals surface area contributed by atoms with Gasteiger partial charge in [-0.3, -0.25) is 0 Å². The Labute approximate surface area is 203 Å². The monoisotopic (exact) mass is 498 g/mol. The third-order valence-electron chi connectivity index (χ3n) is 4.07. The molecular weight excluding hydrogens is 452 g/mol. The number of hydrogen-bond acceptors (Lipinski definition) is 9. The molecule has 0 saturated heterocycles. The summed E-state index contributed by atoms with van der Waals surface area (Å²) in [7, 11) is 5.36. The van der Waals surface area contributed by atoms with E-state index in [0.717, 1.165) is 39.0 Å². The maximum Gasteiger partial charge on any atom is 0.407 e. The second-order valence-electron chi connectivity index (χ2n) is 8.15. The van der Waals surface area contributed by atoms with Gasteiger partial charge in [0, 0.05) is 31.1 Å². The maximum absolute atomic E-state index is 11.8. The molecule has 0 aromatic rings. The summed E-state index contributed by atoms with van der Waals surface area (Å²) in [6, 6.07) is 0. The molecule has 1 amide bonds. The van der Waals surface area contributed by atoms with Crippen molar-refractivity contribution in [3.63, 3.8) is 0 Å². The lowest BCUT2D eigenvalue weighted by Crippen LogP contribution is -2.29. The fourth-order valence-electron chi connectivity index (χ4n) is 2.20. The van der Waals surface area contributed by atoms with E-state index in [4.69, 9.17) is 23.7 Å². The molecule has 0 aliphatic heterocycles. The van der Waals surface area contributed by atoms with Crippen LogP contribution >= 0.6 is 21.6 Å². The Morgan fingerprint density at radius 3 is 2.12 bits per heavy atom. The van der Waals surface area contributed by atoms with E-state index < -0.39 is 6.09 Å². The Morgan fingerprint density at radius 2 is 1.50 bits per heavy atom. The highest BCUT2D eigenvalue weighted by Crippen LogP contribution is 2.40. The summed E-state index contributed by atoms with van der Waals surface area (Å²) < 4.78 is 27.4. The van der Waals surface area contributed by atoms with E-state index in [9.17, 15) is 4.79 Å². The summed E-state index contributed by atoms with van der Waals surface area (Å²) in [5, 5.41) is 5.70. The number of carbonyl (C=O) groups excluding carboxylic acids is 1. The van der Waals surface area contributed by atoms with Gasteiger partial charge in [0.2, 0.25) is 0 Å². The Balaban J connectivity index is 3.62. The van der Waals surface area contributed by atoms with E-state index in [2.05, 4.69) is 31.4 Å². The highest BCUT2D eigenvalue weighted by Gasteiger charge is 2.21. The van der Waals surface area contributed by atoms with Gasteiger partial charge in [0.15, 0.2) is 0 Å². The number of amides is 1. The molecule has 0 aromatic heterocycles. The smallest absolute Gasteiger partial charge is 0.407 e. The molecule has 0 heterocycles. The molecule has 192 valence electrons. The predicted octanol–water partition coefficient (Wildman–Crippen LogP) is 4.08. The molecule has 0 spiro atoms. The van der Waals surface area contributed by atoms with E-state index in [1.165, 1.54) is 0 Å². The van der Waals surface area contributed by atoms with Crippen molar-refractivity contribution in [2.75, 3.05) is 66.4 Å². The molecule has 0 bridgehead atoms. The molecule has 0 aliphatic carbocycles. The van der Waals surface area contributed by atoms with Crippen LogP contribution in [0.3, 0.4) is 0 Å². The molecule has 0 rings (SSSR count). The van der Waals surface area contributed by atoms with E-state index in [1.54, 1.807) is 21.6 Å². The second kappa shape index (κ2) is 21.3. The van der Waals surface area contributed by atoms with Crippen molar-refractivity contribution in [2.24, 2.45) is 0 Å². The van der Waals surface area contributed by atoms with Crippen LogP contribution in [0.25, 0.3) is 0 Å². The summed E-state index contributed by atoms with van der Waals surface area (Å²) in [5.74, 6) is 0. The second-order valence-corrected chi connectivity index (χ2v) is 11.4. The van der Waals surface area contributed by atoms with Crippen molar-refractivity contribution in [2.45, 2.75) is 70.2 Å². The largest absolute Gasteiger partial charge is 0.450 e. The quantitative estimate of drug-likeness (QED) is 0.130.